The van der Waals surface area contributed by atoms with E-state index in [9.17, 15) is 0 Å². The Morgan fingerprint density at radius 3 is 2.56 bits per heavy atom. The third kappa shape index (κ3) is 3.47. The topological polar surface area (TPSA) is 6.48 Å². The van der Waals surface area contributed by atoms with Crippen LogP contribution in [-0.2, 0) is 0 Å². The molecular weight excluding hydrogens is 220 g/mol. The maximum Gasteiger partial charge on any atom is 0.0339 e. The van der Waals surface area contributed by atoms with E-state index in [4.69, 9.17) is 11.6 Å². The summed E-state index contributed by atoms with van der Waals surface area (Å²) in [5, 5.41) is 0.783. The first kappa shape index (κ1) is 12.4. The Morgan fingerprint density at radius 1 is 1.12 bits per heavy atom. The molecule has 3 heteroatoms. The molecule has 2 heterocycles. The normalized spacial score (nSPS) is 28.4. The van der Waals surface area contributed by atoms with Crippen LogP contribution in [0.3, 0.4) is 0 Å². The van der Waals surface area contributed by atoms with Crippen LogP contribution in [0.2, 0.25) is 0 Å². The van der Waals surface area contributed by atoms with E-state index in [0.717, 1.165) is 11.6 Å². The summed E-state index contributed by atoms with van der Waals surface area (Å²) in [5.74, 6) is 0. The van der Waals surface area contributed by atoms with Crippen molar-refractivity contribution in [2.75, 3.05) is 32.7 Å². The molecule has 0 aromatic rings. The molecule has 2 rings (SSSR count). The van der Waals surface area contributed by atoms with Crippen molar-refractivity contribution < 1.29 is 0 Å². The van der Waals surface area contributed by atoms with Gasteiger partial charge in [0, 0.05) is 24.2 Å². The molecule has 2 aliphatic rings. The van der Waals surface area contributed by atoms with Crippen molar-refractivity contribution in [3.05, 3.63) is 11.6 Å². The minimum absolute atomic E-state index is 0.716. The third-order valence-corrected chi connectivity index (χ3v) is 3.91. The molecule has 0 aromatic heterocycles. The van der Waals surface area contributed by atoms with Gasteiger partial charge in [-0.25, -0.2) is 0 Å². The summed E-state index contributed by atoms with van der Waals surface area (Å²) in [7, 11) is 0. The van der Waals surface area contributed by atoms with Crippen LogP contribution in [0.1, 0.15) is 32.1 Å². The Balaban J connectivity index is 1.80. The summed E-state index contributed by atoms with van der Waals surface area (Å²) in [4.78, 5) is 5.13. The molecule has 2 nitrogen and oxygen atoms in total. The lowest BCUT2D eigenvalue weighted by Gasteiger charge is -2.32. The summed E-state index contributed by atoms with van der Waals surface area (Å²) < 4.78 is 0. The summed E-state index contributed by atoms with van der Waals surface area (Å²) in [5.41, 5.74) is 0. The van der Waals surface area contributed by atoms with Crippen molar-refractivity contribution in [3.63, 3.8) is 0 Å². The van der Waals surface area contributed by atoms with Gasteiger partial charge in [-0.2, -0.15) is 0 Å². The average Bonchev–Trinajstić information content (AvgIpc) is 2.66. The zero-order chi connectivity index (χ0) is 11.4. The maximum absolute atomic E-state index is 5.92. The van der Waals surface area contributed by atoms with E-state index in [0.29, 0.717) is 6.04 Å². The fraction of sp³-hybridized carbons (Fsp3) is 0.846. The van der Waals surface area contributed by atoms with Gasteiger partial charge in [-0.05, 0) is 45.3 Å². The lowest BCUT2D eigenvalue weighted by molar-refractivity contribution is 0.161. The maximum atomic E-state index is 5.92. The van der Waals surface area contributed by atoms with E-state index in [-0.39, 0.29) is 0 Å². The van der Waals surface area contributed by atoms with Crippen LogP contribution in [0.15, 0.2) is 11.6 Å². The SMILES string of the molecule is C=C(Cl)CN1CCCC1CN1CCCCC1. The number of halogens is 1. The van der Waals surface area contributed by atoms with Gasteiger partial charge in [-0.15, -0.1) is 0 Å². The third-order valence-electron chi connectivity index (χ3n) is 3.79. The summed E-state index contributed by atoms with van der Waals surface area (Å²) >= 11 is 5.92. The van der Waals surface area contributed by atoms with Gasteiger partial charge in [0.25, 0.3) is 0 Å². The molecule has 0 bridgehead atoms. The van der Waals surface area contributed by atoms with Gasteiger partial charge < -0.3 is 4.90 Å². The van der Waals surface area contributed by atoms with Gasteiger partial charge in [0.15, 0.2) is 0 Å². The van der Waals surface area contributed by atoms with Gasteiger partial charge >= 0.3 is 0 Å². The Kier molecular flexibility index (Phi) is 4.68. The van der Waals surface area contributed by atoms with E-state index >= 15 is 0 Å². The predicted molar refractivity (Wildman–Crippen MR) is 69.9 cm³/mol. The molecule has 2 saturated heterocycles. The molecule has 1 atom stereocenters. The first-order valence-corrected chi connectivity index (χ1v) is 6.93. The van der Waals surface area contributed by atoms with Gasteiger partial charge in [-0.3, -0.25) is 4.90 Å². The number of hydrogen-bond acceptors (Lipinski definition) is 2. The molecule has 0 saturated carbocycles. The number of hydrogen-bond donors (Lipinski definition) is 0. The lowest BCUT2D eigenvalue weighted by Crippen LogP contribution is -2.42. The van der Waals surface area contributed by atoms with Crippen molar-refractivity contribution in [3.8, 4) is 0 Å². The Hall–Kier alpha value is -0.0500. The average molecular weight is 243 g/mol. The quantitative estimate of drug-likeness (QED) is 0.748. The van der Waals surface area contributed by atoms with Crippen molar-refractivity contribution in [1.82, 2.24) is 9.80 Å². The Morgan fingerprint density at radius 2 is 1.88 bits per heavy atom. The Labute approximate surface area is 104 Å². The van der Waals surface area contributed by atoms with Crippen LogP contribution < -0.4 is 0 Å². The van der Waals surface area contributed by atoms with Crippen molar-refractivity contribution in [1.29, 1.82) is 0 Å². The smallest absolute Gasteiger partial charge is 0.0339 e. The zero-order valence-corrected chi connectivity index (χ0v) is 10.9. The molecule has 2 fully saturated rings. The first-order chi connectivity index (χ1) is 7.75. The molecule has 0 aliphatic carbocycles. The van der Waals surface area contributed by atoms with E-state index in [1.54, 1.807) is 0 Å². The van der Waals surface area contributed by atoms with Crippen LogP contribution in [0.5, 0.6) is 0 Å². The highest BCUT2D eigenvalue weighted by Crippen LogP contribution is 2.21. The molecule has 16 heavy (non-hydrogen) atoms. The van der Waals surface area contributed by atoms with Crippen LogP contribution in [0, 0.1) is 0 Å². The second-order valence-corrected chi connectivity index (χ2v) is 5.68. The molecule has 0 spiro atoms. The van der Waals surface area contributed by atoms with Gasteiger partial charge in [0.2, 0.25) is 0 Å². The highest BCUT2D eigenvalue weighted by Gasteiger charge is 2.26. The zero-order valence-electron chi connectivity index (χ0n) is 10.1. The number of piperidine rings is 1. The number of rotatable bonds is 4. The van der Waals surface area contributed by atoms with Crippen LogP contribution in [0.4, 0.5) is 0 Å². The molecule has 92 valence electrons. The molecule has 0 aromatic carbocycles. The predicted octanol–water partition coefficient (Wildman–Crippen LogP) is 2.69. The largest absolute Gasteiger partial charge is 0.302 e. The molecule has 0 radical (unpaired) electrons. The van der Waals surface area contributed by atoms with Gasteiger partial charge in [0.05, 0.1) is 0 Å². The van der Waals surface area contributed by atoms with E-state index in [1.165, 1.54) is 58.3 Å². The molecular formula is C13H23ClN2. The Bertz CT molecular complexity index is 236. The van der Waals surface area contributed by atoms with Crippen molar-refractivity contribution >= 4 is 11.6 Å². The van der Waals surface area contributed by atoms with E-state index in [2.05, 4.69) is 16.4 Å². The highest BCUT2D eigenvalue weighted by molar-refractivity contribution is 6.29. The second-order valence-electron chi connectivity index (χ2n) is 5.15. The van der Waals surface area contributed by atoms with E-state index < -0.39 is 0 Å². The van der Waals surface area contributed by atoms with Crippen LogP contribution in [0.25, 0.3) is 0 Å². The fourth-order valence-electron chi connectivity index (χ4n) is 2.97. The summed E-state index contributed by atoms with van der Waals surface area (Å²) in [6.45, 7) is 9.72. The summed E-state index contributed by atoms with van der Waals surface area (Å²) in [6.07, 6.45) is 6.84. The molecule has 1 unspecified atom stereocenters. The first-order valence-electron chi connectivity index (χ1n) is 6.55. The second kappa shape index (κ2) is 6.04. The number of nitrogens with zero attached hydrogens (tertiary/aromatic N) is 2. The van der Waals surface area contributed by atoms with Gasteiger partial charge in [0.1, 0.15) is 0 Å². The highest BCUT2D eigenvalue weighted by atomic mass is 35.5. The lowest BCUT2D eigenvalue weighted by atomic mass is 10.1. The van der Waals surface area contributed by atoms with Crippen LogP contribution >= 0.6 is 11.6 Å². The van der Waals surface area contributed by atoms with Gasteiger partial charge in [-0.1, -0.05) is 24.6 Å². The molecule has 2 aliphatic heterocycles. The van der Waals surface area contributed by atoms with E-state index in [1.807, 2.05) is 0 Å². The van der Waals surface area contributed by atoms with Crippen molar-refractivity contribution in [2.45, 2.75) is 38.1 Å². The monoisotopic (exact) mass is 242 g/mol. The summed E-state index contributed by atoms with van der Waals surface area (Å²) in [6, 6.07) is 0.716. The van der Waals surface area contributed by atoms with Crippen molar-refractivity contribution in [2.24, 2.45) is 0 Å². The minimum atomic E-state index is 0.716. The van der Waals surface area contributed by atoms with Crippen LogP contribution in [-0.4, -0.2) is 48.6 Å². The minimum Gasteiger partial charge on any atom is -0.302 e. The standard InChI is InChI=1S/C13H23ClN2/c1-12(14)10-16-9-5-6-13(16)11-15-7-3-2-4-8-15/h13H,1-11H2. The molecule has 0 N–H and O–H groups in total. The fourth-order valence-corrected chi connectivity index (χ4v) is 3.12. The number of likely N-dealkylation sites (tertiary alicyclic amines) is 2. The molecule has 0 amide bonds.